The Morgan fingerprint density at radius 3 is 2.55 bits per heavy atom. The maximum Gasteiger partial charge on any atom is 0.315 e. The minimum atomic E-state index is -0.752. The second kappa shape index (κ2) is 9.48. The van der Waals surface area contributed by atoms with Gasteiger partial charge in [0.25, 0.3) is 0 Å². The van der Waals surface area contributed by atoms with Gasteiger partial charge in [-0.15, -0.1) is 0 Å². The van der Waals surface area contributed by atoms with Gasteiger partial charge in [0, 0.05) is 29.3 Å². The second-order valence-corrected chi connectivity index (χ2v) is 8.23. The van der Waals surface area contributed by atoms with Crippen LogP contribution in [0.15, 0.2) is 58.7 Å². The van der Waals surface area contributed by atoms with Crippen molar-refractivity contribution in [3.63, 3.8) is 0 Å². The Kier molecular flexibility index (Phi) is 6.49. The van der Waals surface area contributed by atoms with Gasteiger partial charge in [-0.05, 0) is 55.2 Å². The Bertz CT molecular complexity index is 1130. The van der Waals surface area contributed by atoms with E-state index in [2.05, 4.69) is 4.99 Å². The van der Waals surface area contributed by atoms with Crippen LogP contribution in [0.2, 0.25) is 0 Å². The normalized spacial score (nSPS) is 20.1. The van der Waals surface area contributed by atoms with Crippen LogP contribution in [-0.2, 0) is 20.9 Å². The lowest BCUT2D eigenvalue weighted by Gasteiger charge is -2.34. The minimum Gasteiger partial charge on any atom is -0.504 e. The third-order valence-corrected chi connectivity index (χ3v) is 6.19. The van der Waals surface area contributed by atoms with Crippen molar-refractivity contribution in [2.75, 3.05) is 14.2 Å². The van der Waals surface area contributed by atoms with Gasteiger partial charge in [-0.3, -0.25) is 14.6 Å². The van der Waals surface area contributed by atoms with Crippen molar-refractivity contribution < 1.29 is 28.9 Å². The van der Waals surface area contributed by atoms with Gasteiger partial charge in [0.15, 0.2) is 17.3 Å². The number of rotatable bonds is 6. The largest absolute Gasteiger partial charge is 0.504 e. The standard InChI is InChI=1S/C26H27NO6/c1-15-23(26(30)33-14-16-7-10-18(31-2)11-8-16)24(17-9-12-20(28)22(13-17)32-3)25-19(27-15)5-4-6-21(25)29/h7-13,23-24,28H,4-6,14H2,1-3H3/t23?,24-/m1/s1. The maximum atomic E-state index is 13.3. The molecule has 2 aliphatic rings. The van der Waals surface area contributed by atoms with Gasteiger partial charge in [0.05, 0.1) is 14.2 Å². The summed E-state index contributed by atoms with van der Waals surface area (Å²) in [6.07, 6.45) is 1.86. The zero-order valence-electron chi connectivity index (χ0n) is 19.0. The Hall–Kier alpha value is -3.61. The summed E-state index contributed by atoms with van der Waals surface area (Å²) in [5.41, 5.74) is 3.44. The molecule has 1 N–H and O–H groups in total. The summed E-state index contributed by atoms with van der Waals surface area (Å²) in [6, 6.07) is 12.2. The van der Waals surface area contributed by atoms with Crippen LogP contribution in [0.4, 0.5) is 0 Å². The van der Waals surface area contributed by atoms with Gasteiger partial charge in [-0.1, -0.05) is 18.2 Å². The van der Waals surface area contributed by atoms with E-state index in [4.69, 9.17) is 14.2 Å². The molecule has 7 nitrogen and oxygen atoms in total. The van der Waals surface area contributed by atoms with E-state index >= 15 is 0 Å². The first-order chi connectivity index (χ1) is 15.9. The number of hydrogen-bond acceptors (Lipinski definition) is 7. The number of hydrogen-bond donors (Lipinski definition) is 1. The van der Waals surface area contributed by atoms with Crippen molar-refractivity contribution in [1.82, 2.24) is 0 Å². The van der Waals surface area contributed by atoms with Gasteiger partial charge in [-0.25, -0.2) is 0 Å². The fourth-order valence-electron chi connectivity index (χ4n) is 4.53. The first-order valence-corrected chi connectivity index (χ1v) is 10.9. The highest BCUT2D eigenvalue weighted by Crippen LogP contribution is 2.45. The number of nitrogens with zero attached hydrogens (tertiary/aromatic N) is 1. The van der Waals surface area contributed by atoms with Crippen molar-refractivity contribution >= 4 is 17.5 Å². The van der Waals surface area contributed by atoms with E-state index in [0.29, 0.717) is 29.7 Å². The highest BCUT2D eigenvalue weighted by molar-refractivity contribution is 6.08. The molecule has 4 rings (SSSR count). The van der Waals surface area contributed by atoms with E-state index in [9.17, 15) is 14.7 Å². The fourth-order valence-corrected chi connectivity index (χ4v) is 4.53. The summed E-state index contributed by atoms with van der Waals surface area (Å²) in [6.45, 7) is 1.89. The third-order valence-electron chi connectivity index (χ3n) is 6.19. The van der Waals surface area contributed by atoms with E-state index in [0.717, 1.165) is 23.4 Å². The number of aromatic hydroxyl groups is 1. The summed E-state index contributed by atoms with van der Waals surface area (Å²) >= 11 is 0. The highest BCUT2D eigenvalue weighted by atomic mass is 16.5. The Morgan fingerprint density at radius 2 is 1.85 bits per heavy atom. The molecule has 2 aromatic carbocycles. The van der Waals surface area contributed by atoms with Crippen LogP contribution in [0.25, 0.3) is 0 Å². The summed E-state index contributed by atoms with van der Waals surface area (Å²) in [4.78, 5) is 31.0. The molecular formula is C26H27NO6. The second-order valence-electron chi connectivity index (χ2n) is 8.23. The van der Waals surface area contributed by atoms with Crippen LogP contribution >= 0.6 is 0 Å². The Morgan fingerprint density at radius 1 is 1.09 bits per heavy atom. The molecule has 2 aromatic rings. The average molecular weight is 450 g/mol. The number of carbonyl (C=O) groups is 2. The zero-order valence-corrected chi connectivity index (χ0v) is 19.0. The summed E-state index contributed by atoms with van der Waals surface area (Å²) in [5.74, 6) is -0.765. The Balaban J connectivity index is 1.68. The van der Waals surface area contributed by atoms with Crippen LogP contribution in [0.3, 0.4) is 0 Å². The summed E-state index contributed by atoms with van der Waals surface area (Å²) < 4.78 is 16.1. The molecule has 0 fully saturated rings. The molecule has 1 unspecified atom stereocenters. The summed E-state index contributed by atoms with van der Waals surface area (Å²) in [5, 5.41) is 10.1. The van der Waals surface area contributed by atoms with E-state index in [1.807, 2.05) is 12.1 Å². The quantitative estimate of drug-likeness (QED) is 0.660. The highest BCUT2D eigenvalue weighted by Gasteiger charge is 2.43. The molecule has 0 aromatic heterocycles. The molecule has 1 aliphatic heterocycles. The zero-order chi connectivity index (χ0) is 23.5. The van der Waals surface area contributed by atoms with Gasteiger partial charge in [-0.2, -0.15) is 0 Å². The molecule has 0 amide bonds. The molecule has 0 saturated carbocycles. The topological polar surface area (TPSA) is 94.4 Å². The monoisotopic (exact) mass is 449 g/mol. The first-order valence-electron chi connectivity index (χ1n) is 10.9. The number of ether oxygens (including phenoxy) is 3. The van der Waals surface area contributed by atoms with Crippen LogP contribution < -0.4 is 9.47 Å². The predicted molar refractivity (Wildman–Crippen MR) is 123 cm³/mol. The SMILES string of the molecule is COc1ccc(COC(=O)C2C(C)=NC3=C(C(=O)CCC3)[C@@H]2c2ccc(O)c(OC)c2)cc1. The first kappa shape index (κ1) is 22.6. The lowest BCUT2D eigenvalue weighted by molar-refractivity contribution is -0.148. The number of phenols is 1. The average Bonchev–Trinajstić information content (AvgIpc) is 2.82. The molecule has 0 bridgehead atoms. The van der Waals surface area contributed by atoms with Crippen molar-refractivity contribution in [3.8, 4) is 17.2 Å². The van der Waals surface area contributed by atoms with E-state index in [1.165, 1.54) is 13.2 Å². The van der Waals surface area contributed by atoms with Crippen LogP contribution in [-0.4, -0.2) is 36.8 Å². The fraction of sp³-hybridized carbons (Fsp3) is 0.346. The number of carbonyl (C=O) groups excluding carboxylic acids is 2. The number of esters is 1. The molecule has 0 radical (unpaired) electrons. The molecular weight excluding hydrogens is 422 g/mol. The van der Waals surface area contributed by atoms with Crippen LogP contribution in [0.5, 0.6) is 17.2 Å². The molecule has 172 valence electrons. The smallest absolute Gasteiger partial charge is 0.315 e. The predicted octanol–water partition coefficient (Wildman–Crippen LogP) is 4.33. The number of Topliss-reactive ketones (excluding diaryl/α,β-unsaturated/α-hetero) is 1. The number of phenolic OH excluding ortho intramolecular Hbond substituents is 1. The van der Waals surface area contributed by atoms with Crippen molar-refractivity contribution in [2.24, 2.45) is 10.9 Å². The van der Waals surface area contributed by atoms with E-state index < -0.39 is 17.8 Å². The van der Waals surface area contributed by atoms with Gasteiger partial charge < -0.3 is 19.3 Å². The Labute approximate surface area is 192 Å². The molecule has 0 spiro atoms. The lowest BCUT2D eigenvalue weighted by atomic mass is 9.71. The van der Waals surface area contributed by atoms with Crippen LogP contribution in [0, 0.1) is 5.92 Å². The molecule has 7 heteroatoms. The van der Waals surface area contributed by atoms with Crippen molar-refractivity contribution in [1.29, 1.82) is 0 Å². The number of methoxy groups -OCH3 is 2. The summed E-state index contributed by atoms with van der Waals surface area (Å²) in [7, 11) is 3.05. The third kappa shape index (κ3) is 4.49. The lowest BCUT2D eigenvalue weighted by Crippen LogP contribution is -2.37. The van der Waals surface area contributed by atoms with Gasteiger partial charge in [0.1, 0.15) is 18.3 Å². The molecule has 0 saturated heterocycles. The van der Waals surface area contributed by atoms with Gasteiger partial charge >= 0.3 is 5.97 Å². The van der Waals surface area contributed by atoms with Crippen molar-refractivity contribution in [3.05, 3.63) is 64.9 Å². The molecule has 1 aliphatic carbocycles. The van der Waals surface area contributed by atoms with E-state index in [1.54, 1.807) is 38.3 Å². The molecule has 1 heterocycles. The maximum absolute atomic E-state index is 13.3. The number of aliphatic imine (C=N–C) groups is 1. The molecule has 33 heavy (non-hydrogen) atoms. The minimum absolute atomic E-state index is 0.00232. The van der Waals surface area contributed by atoms with Crippen molar-refractivity contribution in [2.45, 2.75) is 38.7 Å². The number of benzene rings is 2. The van der Waals surface area contributed by atoms with E-state index in [-0.39, 0.29) is 23.9 Å². The van der Waals surface area contributed by atoms with Gasteiger partial charge in [0.2, 0.25) is 0 Å². The number of ketones is 1. The molecule has 2 atom stereocenters. The number of allylic oxidation sites excluding steroid dienone is 2. The van der Waals surface area contributed by atoms with Crippen LogP contribution in [0.1, 0.15) is 43.2 Å².